The highest BCUT2D eigenvalue weighted by Gasteiger charge is 2.18. The van der Waals surface area contributed by atoms with Crippen molar-refractivity contribution in [3.63, 3.8) is 0 Å². The fourth-order valence-corrected chi connectivity index (χ4v) is 2.76. The van der Waals surface area contributed by atoms with Gasteiger partial charge in [0.25, 0.3) is 0 Å². The van der Waals surface area contributed by atoms with Gasteiger partial charge in [-0.15, -0.1) is 0 Å². The van der Waals surface area contributed by atoms with Gasteiger partial charge in [0, 0.05) is 0 Å². The topological polar surface area (TPSA) is 89.3 Å². The first-order chi connectivity index (χ1) is 8.30. The molecule has 0 spiro atoms. The predicted octanol–water partition coefficient (Wildman–Crippen LogP) is 0.465. The van der Waals surface area contributed by atoms with Crippen LogP contribution in [0.1, 0.15) is 0 Å². The zero-order valence-corrected chi connectivity index (χ0v) is 10.9. The van der Waals surface area contributed by atoms with Crippen LogP contribution in [0.4, 0.5) is 10.1 Å². The summed E-state index contributed by atoms with van der Waals surface area (Å²) >= 11 is 4.45. The molecule has 0 aliphatic rings. The zero-order valence-electron chi connectivity index (χ0n) is 9.22. The lowest BCUT2D eigenvalue weighted by atomic mass is 10.3. The lowest BCUT2D eigenvalue weighted by Gasteiger charge is -2.06. The molecule has 0 saturated carbocycles. The number of rotatable bonds is 5. The normalized spacial score (nSPS) is 10.9. The Morgan fingerprint density at radius 1 is 1.33 bits per heavy atom. The molecule has 0 atom stereocenters. The number of carbonyl (C=O) groups is 1. The first-order valence-electron chi connectivity index (χ1n) is 4.83. The molecule has 98 valence electrons. The van der Waals surface area contributed by atoms with Gasteiger partial charge in [0.2, 0.25) is 5.91 Å². The first-order valence-corrected chi connectivity index (χ1v) is 7.06. The second-order valence-corrected chi connectivity index (χ2v) is 6.12. The number of anilines is 1. The SMILES string of the molecule is NC(=S)CS(=O)(=O)CC(=O)Nc1ccccc1F. The van der Waals surface area contributed by atoms with E-state index in [1.54, 1.807) is 0 Å². The summed E-state index contributed by atoms with van der Waals surface area (Å²) in [6.07, 6.45) is 0. The molecule has 8 heteroatoms. The van der Waals surface area contributed by atoms with E-state index in [9.17, 15) is 17.6 Å². The minimum Gasteiger partial charge on any atom is -0.392 e. The van der Waals surface area contributed by atoms with Crippen LogP contribution in [-0.2, 0) is 14.6 Å². The third kappa shape index (κ3) is 4.76. The summed E-state index contributed by atoms with van der Waals surface area (Å²) in [5, 5.41) is 2.16. The van der Waals surface area contributed by atoms with E-state index in [1.807, 2.05) is 0 Å². The Hall–Kier alpha value is -1.54. The van der Waals surface area contributed by atoms with Gasteiger partial charge in [0.15, 0.2) is 9.84 Å². The number of hydrogen-bond acceptors (Lipinski definition) is 4. The molecular weight excluding hydrogens is 279 g/mol. The molecule has 0 heterocycles. The van der Waals surface area contributed by atoms with Gasteiger partial charge in [-0.1, -0.05) is 24.4 Å². The second-order valence-electron chi connectivity index (χ2n) is 3.53. The van der Waals surface area contributed by atoms with Gasteiger partial charge in [0.05, 0.1) is 10.7 Å². The molecular formula is C10H11FN2O3S2. The Balaban J connectivity index is 2.68. The van der Waals surface area contributed by atoms with Crippen LogP contribution in [0, 0.1) is 5.82 Å². The van der Waals surface area contributed by atoms with Crippen molar-refractivity contribution in [3.8, 4) is 0 Å². The van der Waals surface area contributed by atoms with E-state index >= 15 is 0 Å². The summed E-state index contributed by atoms with van der Waals surface area (Å²) in [4.78, 5) is 11.2. The van der Waals surface area contributed by atoms with Crippen LogP contribution >= 0.6 is 12.2 Å². The molecule has 3 N–H and O–H groups in total. The van der Waals surface area contributed by atoms with Crippen LogP contribution in [0.2, 0.25) is 0 Å². The van der Waals surface area contributed by atoms with Gasteiger partial charge in [0.1, 0.15) is 17.3 Å². The summed E-state index contributed by atoms with van der Waals surface area (Å²) in [5.74, 6) is -2.82. The van der Waals surface area contributed by atoms with Crippen LogP contribution in [0.25, 0.3) is 0 Å². The molecule has 1 rings (SSSR count). The van der Waals surface area contributed by atoms with E-state index in [-0.39, 0.29) is 10.7 Å². The first kappa shape index (κ1) is 14.5. The molecule has 1 aromatic rings. The maximum atomic E-state index is 13.2. The largest absolute Gasteiger partial charge is 0.392 e. The Bertz CT molecular complexity index is 572. The Morgan fingerprint density at radius 2 is 1.94 bits per heavy atom. The van der Waals surface area contributed by atoms with Gasteiger partial charge in [-0.3, -0.25) is 4.79 Å². The molecule has 1 amide bonds. The van der Waals surface area contributed by atoms with Crippen molar-refractivity contribution < 1.29 is 17.6 Å². The summed E-state index contributed by atoms with van der Waals surface area (Å²) in [6, 6.07) is 5.45. The second kappa shape index (κ2) is 5.87. The number of thiocarbonyl (C=S) groups is 1. The van der Waals surface area contributed by atoms with E-state index in [1.165, 1.54) is 18.2 Å². The Kier molecular flexibility index (Phi) is 4.74. The molecule has 5 nitrogen and oxygen atoms in total. The number of para-hydroxylation sites is 1. The lowest BCUT2D eigenvalue weighted by molar-refractivity contribution is -0.113. The summed E-state index contributed by atoms with van der Waals surface area (Å²) in [6.45, 7) is 0. The molecule has 1 aromatic carbocycles. The van der Waals surface area contributed by atoms with Crippen molar-refractivity contribution >= 4 is 38.6 Å². The van der Waals surface area contributed by atoms with Gasteiger partial charge < -0.3 is 11.1 Å². The van der Waals surface area contributed by atoms with Crippen molar-refractivity contribution in [1.82, 2.24) is 0 Å². The number of carbonyl (C=O) groups excluding carboxylic acids is 1. The van der Waals surface area contributed by atoms with Crippen molar-refractivity contribution in [2.24, 2.45) is 5.73 Å². The third-order valence-electron chi connectivity index (χ3n) is 1.86. The number of halogens is 1. The Morgan fingerprint density at radius 3 is 2.50 bits per heavy atom. The van der Waals surface area contributed by atoms with E-state index < -0.39 is 33.1 Å². The minimum atomic E-state index is -3.71. The van der Waals surface area contributed by atoms with E-state index in [0.29, 0.717) is 0 Å². The van der Waals surface area contributed by atoms with Gasteiger partial charge in [-0.2, -0.15) is 0 Å². The van der Waals surface area contributed by atoms with E-state index in [4.69, 9.17) is 5.73 Å². The zero-order chi connectivity index (χ0) is 13.8. The number of nitrogens with one attached hydrogen (secondary N) is 1. The van der Waals surface area contributed by atoms with E-state index in [0.717, 1.165) is 6.07 Å². The van der Waals surface area contributed by atoms with Crippen LogP contribution < -0.4 is 11.1 Å². The van der Waals surface area contributed by atoms with Crippen LogP contribution in [0.3, 0.4) is 0 Å². The number of benzene rings is 1. The van der Waals surface area contributed by atoms with Crippen molar-refractivity contribution in [1.29, 1.82) is 0 Å². The number of nitrogens with two attached hydrogens (primary N) is 1. The van der Waals surface area contributed by atoms with Crippen molar-refractivity contribution in [2.75, 3.05) is 16.8 Å². The maximum absolute atomic E-state index is 13.2. The highest BCUT2D eigenvalue weighted by molar-refractivity contribution is 7.94. The average molecular weight is 290 g/mol. The summed E-state index contributed by atoms with van der Waals surface area (Å²) < 4.78 is 36.0. The molecule has 0 bridgehead atoms. The predicted molar refractivity (Wildman–Crippen MR) is 70.5 cm³/mol. The quantitative estimate of drug-likeness (QED) is 0.769. The fraction of sp³-hybridized carbons (Fsp3) is 0.200. The lowest BCUT2D eigenvalue weighted by Crippen LogP contribution is -2.29. The standard InChI is InChI=1S/C10H11FN2O3S2/c11-7-3-1-2-4-8(7)13-10(14)6-18(15,16)5-9(12)17/h1-4H,5-6H2,(H2,12,17)(H,13,14). The molecule has 18 heavy (non-hydrogen) atoms. The number of hydrogen-bond donors (Lipinski definition) is 2. The average Bonchev–Trinajstić information content (AvgIpc) is 2.18. The minimum absolute atomic E-state index is 0.0759. The molecule has 0 aliphatic heterocycles. The monoisotopic (exact) mass is 290 g/mol. The molecule has 0 fully saturated rings. The third-order valence-corrected chi connectivity index (χ3v) is 3.64. The maximum Gasteiger partial charge on any atom is 0.239 e. The molecule has 0 saturated heterocycles. The Labute approximate surface area is 109 Å². The summed E-state index contributed by atoms with van der Waals surface area (Å²) in [5.41, 5.74) is 5.02. The molecule has 0 radical (unpaired) electrons. The van der Waals surface area contributed by atoms with Crippen LogP contribution in [0.5, 0.6) is 0 Å². The number of amides is 1. The van der Waals surface area contributed by atoms with Crippen molar-refractivity contribution in [2.45, 2.75) is 0 Å². The molecule has 0 aliphatic carbocycles. The van der Waals surface area contributed by atoms with Crippen molar-refractivity contribution in [3.05, 3.63) is 30.1 Å². The van der Waals surface area contributed by atoms with Gasteiger partial charge >= 0.3 is 0 Å². The van der Waals surface area contributed by atoms with Crippen LogP contribution in [-0.4, -0.2) is 30.8 Å². The van der Waals surface area contributed by atoms with Gasteiger partial charge in [-0.05, 0) is 12.1 Å². The van der Waals surface area contributed by atoms with Crippen LogP contribution in [0.15, 0.2) is 24.3 Å². The molecule has 0 unspecified atom stereocenters. The smallest absolute Gasteiger partial charge is 0.239 e. The summed E-state index contributed by atoms with van der Waals surface area (Å²) in [7, 11) is -3.71. The number of sulfone groups is 1. The van der Waals surface area contributed by atoms with Gasteiger partial charge in [-0.25, -0.2) is 12.8 Å². The highest BCUT2D eigenvalue weighted by Crippen LogP contribution is 2.12. The fourth-order valence-electron chi connectivity index (χ4n) is 1.22. The highest BCUT2D eigenvalue weighted by atomic mass is 32.2. The van der Waals surface area contributed by atoms with E-state index in [2.05, 4.69) is 17.5 Å². The molecule has 0 aromatic heterocycles.